The molecule has 0 bridgehead atoms. The van der Waals surface area contributed by atoms with Gasteiger partial charge in [0.05, 0.1) is 0 Å². The molecule has 1 heteroatoms. The highest BCUT2D eigenvalue weighted by atomic mass is 14.8. The van der Waals surface area contributed by atoms with Crippen LogP contribution < -0.4 is 5.32 Å². The van der Waals surface area contributed by atoms with Crippen molar-refractivity contribution in [3.63, 3.8) is 0 Å². The van der Waals surface area contributed by atoms with Crippen LogP contribution in [0, 0.1) is 20.8 Å². The van der Waals surface area contributed by atoms with Crippen LogP contribution >= 0.6 is 0 Å². The van der Waals surface area contributed by atoms with Gasteiger partial charge in [0.2, 0.25) is 0 Å². The van der Waals surface area contributed by atoms with Crippen LogP contribution in [0.2, 0.25) is 0 Å². The fraction of sp³-hybridized carbons (Fsp3) is 0.500. The van der Waals surface area contributed by atoms with Crippen molar-refractivity contribution in [2.45, 2.75) is 41.0 Å². The maximum absolute atomic E-state index is 3.40. The van der Waals surface area contributed by atoms with Crippen LogP contribution in [-0.4, -0.2) is 13.1 Å². The molecule has 0 atom stereocenters. The zero-order chi connectivity index (χ0) is 12.8. The lowest BCUT2D eigenvalue weighted by Gasteiger charge is -2.11. The molecule has 1 nitrogen and oxygen atoms in total. The van der Waals surface area contributed by atoms with Gasteiger partial charge in [0.15, 0.2) is 0 Å². The minimum atomic E-state index is 1.000. The Morgan fingerprint density at radius 3 is 2.18 bits per heavy atom. The Morgan fingerprint density at radius 1 is 1.12 bits per heavy atom. The monoisotopic (exact) mass is 231 g/mol. The van der Waals surface area contributed by atoms with Crippen LogP contribution in [0.3, 0.4) is 0 Å². The van der Waals surface area contributed by atoms with E-state index in [2.05, 4.69) is 58.1 Å². The number of nitrogens with one attached hydrogen (secondary N) is 1. The Bertz CT molecular complexity index is 379. The zero-order valence-electron chi connectivity index (χ0n) is 11.9. The van der Waals surface area contributed by atoms with Gasteiger partial charge in [-0.15, -0.1) is 0 Å². The summed E-state index contributed by atoms with van der Waals surface area (Å²) in [4.78, 5) is 0. The summed E-state index contributed by atoms with van der Waals surface area (Å²) >= 11 is 0. The van der Waals surface area contributed by atoms with Crippen LogP contribution in [0.1, 0.15) is 42.5 Å². The van der Waals surface area contributed by atoms with E-state index in [0.29, 0.717) is 0 Å². The summed E-state index contributed by atoms with van der Waals surface area (Å²) in [6.07, 6.45) is 3.46. The van der Waals surface area contributed by atoms with Gasteiger partial charge in [0.25, 0.3) is 0 Å². The van der Waals surface area contributed by atoms with Crippen molar-refractivity contribution in [1.29, 1.82) is 0 Å². The maximum atomic E-state index is 3.40. The highest BCUT2D eigenvalue weighted by molar-refractivity contribution is 5.61. The fourth-order valence-corrected chi connectivity index (χ4v) is 2.19. The second kappa shape index (κ2) is 6.61. The molecule has 0 aromatic heterocycles. The first-order chi connectivity index (χ1) is 8.08. The van der Waals surface area contributed by atoms with Crippen molar-refractivity contribution in [3.8, 4) is 0 Å². The molecule has 0 amide bonds. The van der Waals surface area contributed by atoms with Gasteiger partial charge in [0, 0.05) is 6.54 Å². The zero-order valence-corrected chi connectivity index (χ0v) is 11.9. The van der Waals surface area contributed by atoms with E-state index in [4.69, 9.17) is 0 Å². The van der Waals surface area contributed by atoms with Gasteiger partial charge in [-0.05, 0) is 50.4 Å². The van der Waals surface area contributed by atoms with Crippen molar-refractivity contribution in [2.75, 3.05) is 13.1 Å². The van der Waals surface area contributed by atoms with Gasteiger partial charge in [-0.1, -0.05) is 43.2 Å². The summed E-state index contributed by atoms with van der Waals surface area (Å²) in [5, 5.41) is 3.40. The lowest BCUT2D eigenvalue weighted by Crippen LogP contribution is -2.15. The number of benzene rings is 1. The third kappa shape index (κ3) is 4.01. The molecule has 0 aliphatic carbocycles. The minimum absolute atomic E-state index is 1.000. The molecule has 1 aromatic rings. The molecule has 0 fully saturated rings. The standard InChI is InChI=1S/C16H25N/c1-6-15(11-17-7-2)10-16-13(4)8-12(3)9-14(16)5/h8-10,17H,6-7,11H2,1-5H3. The topological polar surface area (TPSA) is 12.0 Å². The van der Waals surface area contributed by atoms with Crippen molar-refractivity contribution in [2.24, 2.45) is 0 Å². The van der Waals surface area contributed by atoms with Gasteiger partial charge in [0.1, 0.15) is 0 Å². The summed E-state index contributed by atoms with van der Waals surface area (Å²) in [6, 6.07) is 4.53. The Morgan fingerprint density at radius 2 is 1.71 bits per heavy atom. The van der Waals surface area contributed by atoms with Crippen molar-refractivity contribution < 1.29 is 0 Å². The lowest BCUT2D eigenvalue weighted by atomic mass is 9.97. The highest BCUT2D eigenvalue weighted by Crippen LogP contribution is 2.20. The number of likely N-dealkylation sites (N-methyl/N-ethyl adjacent to an activating group) is 1. The number of rotatable bonds is 5. The predicted molar refractivity (Wildman–Crippen MR) is 77.5 cm³/mol. The van der Waals surface area contributed by atoms with Crippen LogP contribution in [0.5, 0.6) is 0 Å². The second-order valence-electron chi connectivity index (χ2n) is 4.75. The molecular weight excluding hydrogens is 206 g/mol. The molecule has 94 valence electrons. The fourth-order valence-electron chi connectivity index (χ4n) is 2.19. The molecule has 1 aromatic carbocycles. The largest absolute Gasteiger partial charge is 0.313 e. The van der Waals surface area contributed by atoms with Crippen molar-refractivity contribution in [1.82, 2.24) is 5.32 Å². The van der Waals surface area contributed by atoms with Crippen LogP contribution in [0.4, 0.5) is 0 Å². The van der Waals surface area contributed by atoms with Gasteiger partial charge in [-0.2, -0.15) is 0 Å². The Labute approximate surface area is 106 Å². The minimum Gasteiger partial charge on any atom is -0.313 e. The van der Waals surface area contributed by atoms with E-state index < -0.39 is 0 Å². The van der Waals surface area contributed by atoms with E-state index in [1.54, 1.807) is 0 Å². The van der Waals surface area contributed by atoms with Crippen molar-refractivity contribution in [3.05, 3.63) is 40.0 Å². The van der Waals surface area contributed by atoms with Gasteiger partial charge < -0.3 is 5.32 Å². The smallest absolute Gasteiger partial charge is 0.0167 e. The van der Waals surface area contributed by atoms with E-state index in [1.165, 1.54) is 27.8 Å². The molecule has 0 saturated heterocycles. The van der Waals surface area contributed by atoms with E-state index in [1.807, 2.05) is 0 Å². The summed E-state index contributed by atoms with van der Waals surface area (Å²) in [6.45, 7) is 13.0. The second-order valence-corrected chi connectivity index (χ2v) is 4.75. The van der Waals surface area contributed by atoms with E-state index in [9.17, 15) is 0 Å². The van der Waals surface area contributed by atoms with Gasteiger partial charge >= 0.3 is 0 Å². The van der Waals surface area contributed by atoms with E-state index in [-0.39, 0.29) is 0 Å². The Kier molecular flexibility index (Phi) is 5.43. The lowest BCUT2D eigenvalue weighted by molar-refractivity contribution is 0.762. The molecule has 0 heterocycles. The molecule has 0 saturated carbocycles. The summed E-state index contributed by atoms with van der Waals surface area (Å²) in [5.41, 5.74) is 6.98. The molecule has 0 unspecified atom stereocenters. The first-order valence-electron chi connectivity index (χ1n) is 6.56. The van der Waals surface area contributed by atoms with E-state index >= 15 is 0 Å². The number of hydrogen-bond acceptors (Lipinski definition) is 1. The first-order valence-corrected chi connectivity index (χ1v) is 6.56. The third-order valence-electron chi connectivity index (χ3n) is 3.14. The SMILES string of the molecule is CCNCC(=Cc1c(C)cc(C)cc1C)CC. The van der Waals surface area contributed by atoms with Crippen molar-refractivity contribution >= 4 is 6.08 Å². The summed E-state index contributed by atoms with van der Waals surface area (Å²) in [7, 11) is 0. The van der Waals surface area contributed by atoms with Crippen LogP contribution in [-0.2, 0) is 0 Å². The number of hydrogen-bond donors (Lipinski definition) is 1. The first kappa shape index (κ1) is 14.0. The van der Waals surface area contributed by atoms with Crippen LogP contribution in [0.15, 0.2) is 17.7 Å². The van der Waals surface area contributed by atoms with Gasteiger partial charge in [-0.25, -0.2) is 0 Å². The van der Waals surface area contributed by atoms with Crippen LogP contribution in [0.25, 0.3) is 6.08 Å². The molecule has 1 N–H and O–H groups in total. The van der Waals surface area contributed by atoms with Gasteiger partial charge in [-0.3, -0.25) is 0 Å². The molecule has 0 aliphatic heterocycles. The maximum Gasteiger partial charge on any atom is 0.0167 e. The predicted octanol–water partition coefficient (Wildman–Crippen LogP) is 4.01. The molecule has 0 radical (unpaired) electrons. The normalized spacial score (nSPS) is 11.9. The molecule has 0 aliphatic rings. The molecular formula is C16H25N. The quantitative estimate of drug-likeness (QED) is 0.807. The summed E-state index contributed by atoms with van der Waals surface area (Å²) < 4.78 is 0. The molecule has 0 spiro atoms. The average Bonchev–Trinajstić information content (AvgIpc) is 2.27. The third-order valence-corrected chi connectivity index (χ3v) is 3.14. The van der Waals surface area contributed by atoms with E-state index in [0.717, 1.165) is 19.5 Å². The highest BCUT2D eigenvalue weighted by Gasteiger charge is 2.02. The summed E-state index contributed by atoms with van der Waals surface area (Å²) in [5.74, 6) is 0. The average molecular weight is 231 g/mol. The molecule has 1 rings (SSSR count). The Hall–Kier alpha value is -1.08. The Balaban J connectivity index is 3.02. The number of aryl methyl sites for hydroxylation is 3. The molecule has 17 heavy (non-hydrogen) atoms.